The molecule has 1 amide bonds. The van der Waals surface area contributed by atoms with Crippen molar-refractivity contribution in [3.63, 3.8) is 0 Å². The monoisotopic (exact) mass is 362 g/mol. The number of anilines is 1. The molecule has 0 bridgehead atoms. The summed E-state index contributed by atoms with van der Waals surface area (Å²) in [6, 6.07) is 15.1. The predicted molar refractivity (Wildman–Crippen MR) is 103 cm³/mol. The van der Waals surface area contributed by atoms with Gasteiger partial charge in [-0.05, 0) is 42.8 Å². The molecule has 1 aromatic heterocycles. The van der Waals surface area contributed by atoms with E-state index in [4.69, 9.17) is 16.6 Å². The maximum absolute atomic E-state index is 12.3. The summed E-state index contributed by atoms with van der Waals surface area (Å²) in [7, 11) is 0. The number of aliphatic imine (C=N–C) groups is 1. The highest BCUT2D eigenvalue weighted by atomic mass is 35.5. The van der Waals surface area contributed by atoms with Gasteiger partial charge < -0.3 is 5.32 Å². The number of hydrogen-bond acceptors (Lipinski definition) is 4. The lowest BCUT2D eigenvalue weighted by molar-refractivity contribution is -0.115. The van der Waals surface area contributed by atoms with Crippen molar-refractivity contribution in [1.82, 2.24) is 9.97 Å². The smallest absolute Gasteiger partial charge is 0.230 e. The molecule has 1 aliphatic rings. The fourth-order valence-corrected chi connectivity index (χ4v) is 3.05. The zero-order valence-corrected chi connectivity index (χ0v) is 14.8. The number of hydrogen-bond donors (Lipinski definition) is 1. The minimum Gasteiger partial charge on any atom is -0.324 e. The molecule has 1 N–H and O–H groups in total. The zero-order valence-electron chi connectivity index (χ0n) is 14.0. The second-order valence-electron chi connectivity index (χ2n) is 6.07. The van der Waals surface area contributed by atoms with Gasteiger partial charge in [0.15, 0.2) is 0 Å². The van der Waals surface area contributed by atoms with Gasteiger partial charge in [0.1, 0.15) is 6.33 Å². The third-order valence-electron chi connectivity index (χ3n) is 4.11. The lowest BCUT2D eigenvalue weighted by Gasteiger charge is -2.07. The molecule has 128 valence electrons. The molecule has 0 radical (unpaired) electrons. The Labute approximate surface area is 155 Å². The van der Waals surface area contributed by atoms with Crippen molar-refractivity contribution in [2.75, 3.05) is 5.32 Å². The van der Waals surface area contributed by atoms with Crippen molar-refractivity contribution >= 4 is 34.6 Å². The summed E-state index contributed by atoms with van der Waals surface area (Å²) in [5.74, 6) is -0.118. The average Bonchev–Trinajstić information content (AvgIpc) is 2.79. The van der Waals surface area contributed by atoms with Crippen LogP contribution in [0.25, 0.3) is 11.3 Å². The van der Waals surface area contributed by atoms with Crippen LogP contribution in [0.2, 0.25) is 5.02 Å². The number of rotatable bonds is 2. The van der Waals surface area contributed by atoms with E-state index >= 15 is 0 Å². The minimum absolute atomic E-state index is 0.118. The average molecular weight is 363 g/mol. The van der Waals surface area contributed by atoms with E-state index in [0.717, 1.165) is 22.5 Å². The number of amides is 1. The fourth-order valence-electron chi connectivity index (χ4n) is 2.87. The van der Waals surface area contributed by atoms with Crippen LogP contribution in [0.15, 0.2) is 59.9 Å². The van der Waals surface area contributed by atoms with Gasteiger partial charge in [-0.3, -0.25) is 9.79 Å². The molecule has 0 saturated heterocycles. The van der Waals surface area contributed by atoms with Crippen molar-refractivity contribution in [3.8, 4) is 11.3 Å². The van der Waals surface area contributed by atoms with Gasteiger partial charge in [-0.25, -0.2) is 9.97 Å². The van der Waals surface area contributed by atoms with E-state index < -0.39 is 0 Å². The predicted octanol–water partition coefficient (Wildman–Crippen LogP) is 4.57. The van der Waals surface area contributed by atoms with E-state index in [2.05, 4.69) is 15.3 Å². The van der Waals surface area contributed by atoms with Gasteiger partial charge >= 0.3 is 0 Å². The number of nitrogens with one attached hydrogen (secondary N) is 1. The van der Waals surface area contributed by atoms with Crippen LogP contribution in [0.1, 0.15) is 17.7 Å². The molecule has 0 saturated carbocycles. The Morgan fingerprint density at radius 2 is 1.88 bits per heavy atom. The molecular weight excluding hydrogens is 348 g/mol. The Bertz CT molecular complexity index is 1050. The van der Waals surface area contributed by atoms with Crippen molar-refractivity contribution in [3.05, 3.63) is 71.1 Å². The van der Waals surface area contributed by atoms with Crippen LogP contribution in [-0.4, -0.2) is 21.6 Å². The highest BCUT2D eigenvalue weighted by Crippen LogP contribution is 2.32. The normalized spacial score (nSPS) is 13.5. The lowest BCUT2D eigenvalue weighted by Crippen LogP contribution is -2.15. The fraction of sp³-hybridized carbons (Fsp3) is 0.100. The van der Waals surface area contributed by atoms with Crippen LogP contribution >= 0.6 is 11.6 Å². The number of fused-ring (bicyclic) bond motifs is 1. The van der Waals surface area contributed by atoms with E-state index in [0.29, 0.717) is 22.1 Å². The third-order valence-corrected chi connectivity index (χ3v) is 4.35. The van der Waals surface area contributed by atoms with Crippen molar-refractivity contribution in [2.45, 2.75) is 13.3 Å². The standard InChI is InChI=1S/C20H15ClN4O/c1-12-7-17(23-11-22-12)13-3-2-4-14(8-13)18-10-20(26)25-19-9-15(21)5-6-16(19)24-18/h2-9,11H,10H2,1H3,(H,25,26). The maximum atomic E-state index is 12.3. The van der Waals surface area contributed by atoms with E-state index in [1.807, 2.05) is 37.3 Å². The second kappa shape index (κ2) is 6.69. The molecule has 2 aromatic carbocycles. The van der Waals surface area contributed by atoms with Gasteiger partial charge in [-0.2, -0.15) is 0 Å². The molecule has 5 nitrogen and oxygen atoms in total. The number of carbonyl (C=O) groups is 1. The Morgan fingerprint density at radius 3 is 2.73 bits per heavy atom. The summed E-state index contributed by atoms with van der Waals surface area (Å²) >= 11 is 6.02. The highest BCUT2D eigenvalue weighted by molar-refractivity contribution is 6.31. The third kappa shape index (κ3) is 3.34. The molecule has 0 aliphatic carbocycles. The SMILES string of the molecule is Cc1cc(-c2cccc(C3=Nc4ccc(Cl)cc4NC(=O)C3)c2)ncn1. The lowest BCUT2D eigenvalue weighted by atomic mass is 10.0. The Hall–Kier alpha value is -3.05. The topological polar surface area (TPSA) is 67.2 Å². The van der Waals surface area contributed by atoms with Crippen LogP contribution < -0.4 is 5.32 Å². The van der Waals surface area contributed by atoms with Crippen LogP contribution in [0.3, 0.4) is 0 Å². The van der Waals surface area contributed by atoms with Crippen LogP contribution in [0.5, 0.6) is 0 Å². The molecular formula is C20H15ClN4O. The van der Waals surface area contributed by atoms with E-state index in [1.54, 1.807) is 24.5 Å². The van der Waals surface area contributed by atoms with Gasteiger partial charge in [-0.15, -0.1) is 0 Å². The first kappa shape index (κ1) is 16.4. The molecule has 6 heteroatoms. The van der Waals surface area contributed by atoms with Crippen molar-refractivity contribution < 1.29 is 4.79 Å². The van der Waals surface area contributed by atoms with Gasteiger partial charge in [-0.1, -0.05) is 29.8 Å². The van der Waals surface area contributed by atoms with Gasteiger partial charge in [0, 0.05) is 16.3 Å². The Balaban J connectivity index is 1.78. The highest BCUT2D eigenvalue weighted by Gasteiger charge is 2.18. The molecule has 0 unspecified atom stereocenters. The van der Waals surface area contributed by atoms with E-state index in [-0.39, 0.29) is 12.3 Å². The first-order chi connectivity index (χ1) is 12.6. The number of carbonyl (C=O) groups excluding carboxylic acids is 1. The number of aromatic nitrogens is 2. The molecule has 0 spiro atoms. The quantitative estimate of drug-likeness (QED) is 0.726. The van der Waals surface area contributed by atoms with Crippen molar-refractivity contribution in [2.24, 2.45) is 4.99 Å². The van der Waals surface area contributed by atoms with Gasteiger partial charge in [0.05, 0.1) is 29.2 Å². The molecule has 0 fully saturated rings. The number of aryl methyl sites for hydroxylation is 1. The summed E-state index contributed by atoms with van der Waals surface area (Å²) in [4.78, 5) is 25.4. The first-order valence-corrected chi connectivity index (χ1v) is 8.53. The van der Waals surface area contributed by atoms with Crippen molar-refractivity contribution in [1.29, 1.82) is 0 Å². The summed E-state index contributed by atoms with van der Waals surface area (Å²) < 4.78 is 0. The first-order valence-electron chi connectivity index (χ1n) is 8.15. The van der Waals surface area contributed by atoms with Gasteiger partial charge in [0.25, 0.3) is 0 Å². The minimum atomic E-state index is -0.118. The number of benzene rings is 2. The molecule has 26 heavy (non-hydrogen) atoms. The van der Waals surface area contributed by atoms with Crippen LogP contribution in [0.4, 0.5) is 11.4 Å². The Morgan fingerprint density at radius 1 is 1.04 bits per heavy atom. The molecule has 2 heterocycles. The zero-order chi connectivity index (χ0) is 18.1. The van der Waals surface area contributed by atoms with Gasteiger partial charge in [0.2, 0.25) is 5.91 Å². The molecule has 1 aliphatic heterocycles. The summed E-state index contributed by atoms with van der Waals surface area (Å²) in [6.45, 7) is 1.93. The number of halogens is 1. The van der Waals surface area contributed by atoms with Crippen LogP contribution in [-0.2, 0) is 4.79 Å². The van der Waals surface area contributed by atoms with E-state index in [1.165, 1.54) is 0 Å². The second-order valence-corrected chi connectivity index (χ2v) is 6.51. The maximum Gasteiger partial charge on any atom is 0.230 e. The van der Waals surface area contributed by atoms with E-state index in [9.17, 15) is 4.79 Å². The number of nitrogens with zero attached hydrogens (tertiary/aromatic N) is 3. The molecule has 4 rings (SSSR count). The summed E-state index contributed by atoms with van der Waals surface area (Å²) in [6.07, 6.45) is 1.74. The van der Waals surface area contributed by atoms with Crippen LogP contribution in [0, 0.1) is 6.92 Å². The molecule has 3 aromatic rings. The summed E-state index contributed by atoms with van der Waals surface area (Å²) in [5, 5.41) is 3.42. The largest absolute Gasteiger partial charge is 0.324 e. The molecule has 0 atom stereocenters. The Kier molecular flexibility index (Phi) is 4.22. The summed E-state index contributed by atoms with van der Waals surface area (Å²) in [5.41, 5.74) is 5.60.